The van der Waals surface area contributed by atoms with E-state index in [0.29, 0.717) is 6.54 Å². The number of hydrogen-bond donors (Lipinski definition) is 2. The van der Waals surface area contributed by atoms with Gasteiger partial charge in [0.25, 0.3) is 0 Å². The summed E-state index contributed by atoms with van der Waals surface area (Å²) in [6.45, 7) is 15.2. The van der Waals surface area contributed by atoms with Gasteiger partial charge in [-0.05, 0) is 44.6 Å². The Morgan fingerprint density at radius 1 is 1.28 bits per heavy atom. The topological polar surface area (TPSA) is 52.6 Å². The zero-order valence-corrected chi connectivity index (χ0v) is 17.2. The number of aryl methyl sites for hydroxylation is 1. The number of guanidine groups is 1. The molecule has 1 aromatic rings. The van der Waals surface area contributed by atoms with Crippen molar-refractivity contribution in [2.45, 2.75) is 53.5 Å². The van der Waals surface area contributed by atoms with Gasteiger partial charge in [0.2, 0.25) is 0 Å². The molecule has 5 nitrogen and oxygen atoms in total. The Labute approximate surface area is 157 Å². The second kappa shape index (κ2) is 10.8. The molecule has 1 aliphatic rings. The molecule has 1 aliphatic heterocycles. The Bertz CT molecular complexity index is 518. The van der Waals surface area contributed by atoms with E-state index in [1.807, 2.05) is 6.20 Å². The summed E-state index contributed by atoms with van der Waals surface area (Å²) in [6, 6.07) is 0. The summed E-state index contributed by atoms with van der Waals surface area (Å²) in [5.74, 6) is 2.57. The molecule has 0 radical (unpaired) electrons. The summed E-state index contributed by atoms with van der Waals surface area (Å²) < 4.78 is 0. The summed E-state index contributed by atoms with van der Waals surface area (Å²) in [5.41, 5.74) is 0. The van der Waals surface area contributed by atoms with Crippen LogP contribution in [0.1, 0.15) is 50.4 Å². The van der Waals surface area contributed by atoms with Crippen LogP contribution in [0.5, 0.6) is 0 Å². The molecule has 2 rings (SSSR count). The highest BCUT2D eigenvalue weighted by Gasteiger charge is 2.20. The Morgan fingerprint density at radius 3 is 2.68 bits per heavy atom. The highest BCUT2D eigenvalue weighted by atomic mass is 32.1. The van der Waals surface area contributed by atoms with Gasteiger partial charge >= 0.3 is 0 Å². The molecule has 0 spiro atoms. The van der Waals surface area contributed by atoms with Crippen molar-refractivity contribution in [2.24, 2.45) is 16.8 Å². The van der Waals surface area contributed by atoms with Gasteiger partial charge in [0.1, 0.15) is 5.01 Å². The third-order valence-corrected chi connectivity index (χ3v) is 5.68. The Kier molecular flexibility index (Phi) is 8.68. The van der Waals surface area contributed by atoms with E-state index in [4.69, 9.17) is 0 Å². The van der Waals surface area contributed by atoms with Gasteiger partial charge in [-0.2, -0.15) is 0 Å². The number of aromatic nitrogens is 1. The molecule has 2 N–H and O–H groups in total. The number of nitrogens with one attached hydrogen (secondary N) is 2. The smallest absolute Gasteiger partial charge is 0.191 e. The predicted molar refractivity (Wildman–Crippen MR) is 108 cm³/mol. The van der Waals surface area contributed by atoms with Crippen molar-refractivity contribution in [2.75, 3.05) is 32.7 Å². The molecule has 2 unspecified atom stereocenters. The van der Waals surface area contributed by atoms with Gasteiger partial charge in [0.15, 0.2) is 5.96 Å². The van der Waals surface area contributed by atoms with Crippen molar-refractivity contribution in [3.63, 3.8) is 0 Å². The third-order valence-electron chi connectivity index (χ3n) is 4.55. The average molecular weight is 366 g/mol. The van der Waals surface area contributed by atoms with Crippen LogP contribution >= 0.6 is 11.3 Å². The van der Waals surface area contributed by atoms with Gasteiger partial charge in [-0.3, -0.25) is 0 Å². The van der Waals surface area contributed by atoms with Crippen LogP contribution < -0.4 is 10.6 Å². The van der Waals surface area contributed by atoms with Gasteiger partial charge in [0.05, 0.1) is 6.54 Å². The standard InChI is InChI=1S/C19H35N5S/c1-5-17-11-22-18(25-17)12-23-19(20-6-2)21-8-7-9-24-13-15(3)10-16(4)14-24/h11,15-16H,5-10,12-14H2,1-4H3,(H2,20,21,23). The number of nitrogens with zero attached hydrogens (tertiary/aromatic N) is 3. The highest BCUT2D eigenvalue weighted by molar-refractivity contribution is 7.11. The second-order valence-corrected chi connectivity index (χ2v) is 8.45. The van der Waals surface area contributed by atoms with E-state index in [1.165, 1.54) is 30.9 Å². The van der Waals surface area contributed by atoms with Gasteiger partial charge < -0.3 is 15.5 Å². The van der Waals surface area contributed by atoms with E-state index in [2.05, 4.69) is 53.2 Å². The molecule has 2 heterocycles. The van der Waals surface area contributed by atoms with Crippen LogP contribution in [0, 0.1) is 11.8 Å². The number of aliphatic imine (C=N–C) groups is 1. The lowest BCUT2D eigenvalue weighted by molar-refractivity contribution is 0.140. The SMILES string of the molecule is CCNC(=NCc1ncc(CC)s1)NCCCN1CC(C)CC(C)C1. The molecule has 0 amide bonds. The average Bonchev–Trinajstić information content (AvgIpc) is 3.03. The first-order chi connectivity index (χ1) is 12.1. The van der Waals surface area contributed by atoms with Crippen molar-refractivity contribution < 1.29 is 0 Å². The molecule has 0 saturated carbocycles. The van der Waals surface area contributed by atoms with Crippen LogP contribution in [-0.4, -0.2) is 48.6 Å². The minimum Gasteiger partial charge on any atom is -0.357 e. The maximum absolute atomic E-state index is 4.67. The molecular formula is C19H35N5S. The van der Waals surface area contributed by atoms with E-state index < -0.39 is 0 Å². The third kappa shape index (κ3) is 7.32. The van der Waals surface area contributed by atoms with Crippen LogP contribution in [-0.2, 0) is 13.0 Å². The fourth-order valence-corrected chi connectivity index (χ4v) is 4.34. The molecule has 1 aromatic heterocycles. The lowest BCUT2D eigenvalue weighted by Gasteiger charge is -2.35. The molecular weight excluding hydrogens is 330 g/mol. The molecule has 2 atom stereocenters. The summed E-state index contributed by atoms with van der Waals surface area (Å²) in [4.78, 5) is 13.1. The number of likely N-dealkylation sites (tertiary alicyclic amines) is 1. The quantitative estimate of drug-likeness (QED) is 0.422. The largest absolute Gasteiger partial charge is 0.357 e. The van der Waals surface area contributed by atoms with E-state index in [1.54, 1.807) is 11.3 Å². The van der Waals surface area contributed by atoms with Crippen molar-refractivity contribution in [3.8, 4) is 0 Å². The minimum absolute atomic E-state index is 0.654. The van der Waals surface area contributed by atoms with Gasteiger partial charge in [-0.25, -0.2) is 9.98 Å². The van der Waals surface area contributed by atoms with Gasteiger partial charge in [-0.15, -0.1) is 11.3 Å². The van der Waals surface area contributed by atoms with E-state index in [9.17, 15) is 0 Å². The first kappa shape index (κ1) is 20.2. The summed E-state index contributed by atoms with van der Waals surface area (Å²) in [7, 11) is 0. The number of rotatable bonds is 8. The van der Waals surface area contributed by atoms with Crippen molar-refractivity contribution in [1.82, 2.24) is 20.5 Å². The summed E-state index contributed by atoms with van der Waals surface area (Å²) in [6.07, 6.45) is 5.55. The second-order valence-electron chi connectivity index (χ2n) is 7.25. The minimum atomic E-state index is 0.654. The first-order valence-corrected chi connectivity index (χ1v) is 10.6. The van der Waals surface area contributed by atoms with E-state index in [0.717, 1.165) is 48.7 Å². The van der Waals surface area contributed by atoms with Crippen LogP contribution in [0.25, 0.3) is 0 Å². The van der Waals surface area contributed by atoms with Crippen molar-refractivity contribution in [1.29, 1.82) is 0 Å². The van der Waals surface area contributed by atoms with Crippen LogP contribution in [0.15, 0.2) is 11.2 Å². The van der Waals surface area contributed by atoms with E-state index in [-0.39, 0.29) is 0 Å². The summed E-state index contributed by atoms with van der Waals surface area (Å²) >= 11 is 1.76. The van der Waals surface area contributed by atoms with Crippen LogP contribution in [0.2, 0.25) is 0 Å². The normalized spacial score (nSPS) is 22.2. The number of hydrogen-bond acceptors (Lipinski definition) is 4. The number of piperidine rings is 1. The van der Waals surface area contributed by atoms with Crippen molar-refractivity contribution >= 4 is 17.3 Å². The van der Waals surface area contributed by atoms with Gasteiger partial charge in [0, 0.05) is 37.3 Å². The molecule has 142 valence electrons. The molecule has 0 bridgehead atoms. The lowest BCUT2D eigenvalue weighted by atomic mass is 9.92. The highest BCUT2D eigenvalue weighted by Crippen LogP contribution is 2.20. The lowest BCUT2D eigenvalue weighted by Crippen LogP contribution is -2.41. The van der Waals surface area contributed by atoms with Crippen molar-refractivity contribution in [3.05, 3.63) is 16.1 Å². The predicted octanol–water partition coefficient (Wildman–Crippen LogP) is 3.13. The zero-order chi connectivity index (χ0) is 18.1. The molecule has 1 saturated heterocycles. The van der Waals surface area contributed by atoms with Crippen LogP contribution in [0.3, 0.4) is 0 Å². The molecule has 0 aliphatic carbocycles. The summed E-state index contributed by atoms with van der Waals surface area (Å²) in [5, 5.41) is 7.88. The van der Waals surface area contributed by atoms with Gasteiger partial charge in [-0.1, -0.05) is 20.8 Å². The molecule has 1 fully saturated rings. The fourth-order valence-electron chi connectivity index (χ4n) is 3.56. The molecule has 6 heteroatoms. The zero-order valence-electron chi connectivity index (χ0n) is 16.3. The Balaban J connectivity index is 1.72. The fraction of sp³-hybridized carbons (Fsp3) is 0.789. The Hall–Kier alpha value is -1.14. The maximum atomic E-state index is 4.67. The first-order valence-electron chi connectivity index (χ1n) is 9.78. The van der Waals surface area contributed by atoms with Crippen LogP contribution in [0.4, 0.5) is 0 Å². The maximum Gasteiger partial charge on any atom is 0.191 e. The monoisotopic (exact) mass is 365 g/mol. The van der Waals surface area contributed by atoms with E-state index >= 15 is 0 Å². The number of thiazole rings is 1. The molecule has 0 aromatic carbocycles. The molecule has 25 heavy (non-hydrogen) atoms. The Morgan fingerprint density at radius 2 is 2.04 bits per heavy atom.